The summed E-state index contributed by atoms with van der Waals surface area (Å²) in [6, 6.07) is 10.2. The molecule has 2 N–H and O–H groups in total. The molecule has 104 valence electrons. The predicted molar refractivity (Wildman–Crippen MR) is 74.7 cm³/mol. The molecule has 1 aromatic carbocycles. The number of carbonyl (C=O) groups excluding carboxylic acids is 1. The van der Waals surface area contributed by atoms with Gasteiger partial charge in [-0.1, -0.05) is 12.1 Å². The third kappa shape index (κ3) is 2.88. The summed E-state index contributed by atoms with van der Waals surface area (Å²) in [6.07, 6.45) is 0. The Morgan fingerprint density at radius 2 is 2.00 bits per heavy atom. The molecule has 1 aromatic heterocycles. The quantitative estimate of drug-likeness (QED) is 0.893. The van der Waals surface area contributed by atoms with Crippen LogP contribution in [0.4, 0.5) is 0 Å². The minimum Gasteiger partial charge on any atom is -0.478 e. The molecule has 0 spiro atoms. The molecule has 0 saturated carbocycles. The minimum absolute atomic E-state index is 0.179. The first-order chi connectivity index (χ1) is 9.49. The topological polar surface area (TPSA) is 71.3 Å². The van der Waals surface area contributed by atoms with Crippen molar-refractivity contribution >= 4 is 11.9 Å². The van der Waals surface area contributed by atoms with Crippen LogP contribution < -0.4 is 5.32 Å². The van der Waals surface area contributed by atoms with Crippen molar-refractivity contribution in [3.05, 3.63) is 58.9 Å². The number of aromatic carboxylic acids is 1. The minimum atomic E-state index is -0.976. The van der Waals surface area contributed by atoms with Crippen molar-refractivity contribution in [1.82, 2.24) is 9.88 Å². The molecule has 0 fully saturated rings. The van der Waals surface area contributed by atoms with E-state index < -0.39 is 5.97 Å². The fourth-order valence-corrected chi connectivity index (χ4v) is 1.93. The Labute approximate surface area is 116 Å². The van der Waals surface area contributed by atoms with Gasteiger partial charge >= 0.3 is 5.97 Å². The smallest absolute Gasteiger partial charge is 0.335 e. The zero-order valence-electron chi connectivity index (χ0n) is 11.4. The molecule has 0 aliphatic rings. The van der Waals surface area contributed by atoms with Gasteiger partial charge in [0.05, 0.1) is 5.56 Å². The highest BCUT2D eigenvalue weighted by molar-refractivity contribution is 5.93. The molecule has 2 aromatic rings. The Kier molecular flexibility index (Phi) is 3.89. The Morgan fingerprint density at radius 3 is 2.60 bits per heavy atom. The average molecular weight is 272 g/mol. The van der Waals surface area contributed by atoms with Gasteiger partial charge in [-0.15, -0.1) is 0 Å². The Morgan fingerprint density at radius 1 is 1.25 bits per heavy atom. The fourth-order valence-electron chi connectivity index (χ4n) is 1.93. The summed E-state index contributed by atoms with van der Waals surface area (Å²) in [5, 5.41) is 11.7. The van der Waals surface area contributed by atoms with Gasteiger partial charge in [0, 0.05) is 19.3 Å². The number of carbonyl (C=O) groups is 2. The molecule has 0 aliphatic heterocycles. The maximum Gasteiger partial charge on any atom is 0.335 e. The lowest BCUT2D eigenvalue weighted by Crippen LogP contribution is -2.25. The van der Waals surface area contributed by atoms with E-state index in [2.05, 4.69) is 5.32 Å². The summed E-state index contributed by atoms with van der Waals surface area (Å²) >= 11 is 0. The van der Waals surface area contributed by atoms with Crippen molar-refractivity contribution in [1.29, 1.82) is 0 Å². The van der Waals surface area contributed by atoms with Crippen LogP contribution >= 0.6 is 0 Å². The lowest BCUT2D eigenvalue weighted by molar-refractivity contribution is 0.0696. The summed E-state index contributed by atoms with van der Waals surface area (Å²) in [7, 11) is 1.83. The van der Waals surface area contributed by atoms with E-state index in [1.165, 1.54) is 6.07 Å². The second-order valence-electron chi connectivity index (χ2n) is 4.61. The van der Waals surface area contributed by atoms with Gasteiger partial charge in [-0.2, -0.15) is 0 Å². The highest BCUT2D eigenvalue weighted by atomic mass is 16.4. The van der Waals surface area contributed by atoms with Gasteiger partial charge in [-0.25, -0.2) is 4.79 Å². The van der Waals surface area contributed by atoms with Crippen LogP contribution in [0.15, 0.2) is 36.4 Å². The van der Waals surface area contributed by atoms with Crippen LogP contribution in [-0.4, -0.2) is 21.6 Å². The first-order valence-corrected chi connectivity index (χ1v) is 6.22. The van der Waals surface area contributed by atoms with Crippen molar-refractivity contribution < 1.29 is 14.7 Å². The number of aryl methyl sites for hydroxylation is 1. The van der Waals surface area contributed by atoms with Gasteiger partial charge < -0.3 is 15.0 Å². The molecule has 5 heteroatoms. The summed E-state index contributed by atoms with van der Waals surface area (Å²) in [4.78, 5) is 22.9. The second kappa shape index (κ2) is 5.61. The molecule has 20 heavy (non-hydrogen) atoms. The number of nitrogens with one attached hydrogen (secondary N) is 1. The van der Waals surface area contributed by atoms with Crippen LogP contribution in [0.25, 0.3) is 0 Å². The molecular formula is C15H16N2O3. The van der Waals surface area contributed by atoms with E-state index >= 15 is 0 Å². The molecule has 0 saturated heterocycles. The Hall–Kier alpha value is -2.56. The molecule has 0 atom stereocenters. The van der Waals surface area contributed by atoms with Crippen LogP contribution in [-0.2, 0) is 13.6 Å². The summed E-state index contributed by atoms with van der Waals surface area (Å²) in [5.74, 6) is -1.16. The standard InChI is InChI=1S/C15H16N2O3/c1-10-6-7-13(17(10)2)14(18)16-9-11-4-3-5-12(8-11)15(19)20/h3-8H,9H2,1-2H3,(H,16,18)(H,19,20). The van der Waals surface area contributed by atoms with E-state index in [1.54, 1.807) is 24.3 Å². The molecule has 0 radical (unpaired) electrons. The lowest BCUT2D eigenvalue weighted by atomic mass is 10.1. The number of aromatic nitrogens is 1. The summed E-state index contributed by atoms with van der Waals surface area (Å²) < 4.78 is 1.81. The summed E-state index contributed by atoms with van der Waals surface area (Å²) in [6.45, 7) is 2.22. The lowest BCUT2D eigenvalue weighted by Gasteiger charge is -2.07. The van der Waals surface area contributed by atoms with Crippen molar-refractivity contribution in [3.8, 4) is 0 Å². The number of nitrogens with zero attached hydrogens (tertiary/aromatic N) is 1. The maximum atomic E-state index is 12.0. The third-order valence-corrected chi connectivity index (χ3v) is 3.23. The summed E-state index contributed by atoms with van der Waals surface area (Å²) in [5.41, 5.74) is 2.55. The normalized spacial score (nSPS) is 10.3. The van der Waals surface area contributed by atoms with Crippen LogP contribution in [0.2, 0.25) is 0 Å². The largest absolute Gasteiger partial charge is 0.478 e. The average Bonchev–Trinajstić information content (AvgIpc) is 2.77. The van der Waals surface area contributed by atoms with Crippen molar-refractivity contribution in [2.24, 2.45) is 7.05 Å². The predicted octanol–water partition coefficient (Wildman–Crippen LogP) is 1.96. The van der Waals surface area contributed by atoms with Crippen molar-refractivity contribution in [3.63, 3.8) is 0 Å². The van der Waals surface area contributed by atoms with Gasteiger partial charge in [-0.3, -0.25) is 4.79 Å². The number of carboxylic acid groups (broad SMARTS) is 1. The molecule has 1 amide bonds. The number of hydrogen-bond acceptors (Lipinski definition) is 2. The Balaban J connectivity index is 2.05. The van der Waals surface area contributed by atoms with Gasteiger partial charge in [0.2, 0.25) is 0 Å². The van der Waals surface area contributed by atoms with Crippen molar-refractivity contribution in [2.45, 2.75) is 13.5 Å². The van der Waals surface area contributed by atoms with Gasteiger partial charge in [-0.05, 0) is 36.8 Å². The van der Waals surface area contributed by atoms with E-state index in [1.807, 2.05) is 24.6 Å². The first kappa shape index (κ1) is 13.9. The molecule has 0 unspecified atom stereocenters. The van der Waals surface area contributed by atoms with Gasteiger partial charge in [0.15, 0.2) is 0 Å². The van der Waals surface area contributed by atoms with Crippen LogP contribution in [0.5, 0.6) is 0 Å². The van der Waals surface area contributed by atoms with E-state index in [0.29, 0.717) is 12.2 Å². The number of amides is 1. The maximum absolute atomic E-state index is 12.0. The van der Waals surface area contributed by atoms with E-state index in [4.69, 9.17) is 5.11 Å². The highest BCUT2D eigenvalue weighted by Crippen LogP contribution is 2.08. The van der Waals surface area contributed by atoms with E-state index in [-0.39, 0.29) is 11.5 Å². The fraction of sp³-hybridized carbons (Fsp3) is 0.200. The van der Waals surface area contributed by atoms with Gasteiger partial charge in [0.1, 0.15) is 5.69 Å². The molecule has 0 bridgehead atoms. The van der Waals surface area contributed by atoms with Crippen LogP contribution in [0.1, 0.15) is 32.1 Å². The Bertz CT molecular complexity index is 659. The number of benzene rings is 1. The third-order valence-electron chi connectivity index (χ3n) is 3.23. The van der Waals surface area contributed by atoms with Gasteiger partial charge in [0.25, 0.3) is 5.91 Å². The first-order valence-electron chi connectivity index (χ1n) is 6.22. The van der Waals surface area contributed by atoms with Crippen LogP contribution in [0.3, 0.4) is 0 Å². The molecule has 1 heterocycles. The monoisotopic (exact) mass is 272 g/mol. The molecule has 0 aliphatic carbocycles. The molecule has 5 nitrogen and oxygen atoms in total. The highest BCUT2D eigenvalue weighted by Gasteiger charge is 2.10. The second-order valence-corrected chi connectivity index (χ2v) is 4.61. The molecular weight excluding hydrogens is 256 g/mol. The van der Waals surface area contributed by atoms with Crippen molar-refractivity contribution in [2.75, 3.05) is 0 Å². The SMILES string of the molecule is Cc1ccc(C(=O)NCc2cccc(C(=O)O)c2)n1C. The number of carboxylic acids is 1. The van der Waals surface area contributed by atoms with Crippen LogP contribution in [0, 0.1) is 6.92 Å². The number of hydrogen-bond donors (Lipinski definition) is 2. The number of rotatable bonds is 4. The zero-order chi connectivity index (χ0) is 14.7. The van der Waals surface area contributed by atoms with E-state index in [0.717, 1.165) is 11.3 Å². The molecule has 2 rings (SSSR count). The zero-order valence-corrected chi connectivity index (χ0v) is 11.4. The van der Waals surface area contributed by atoms with E-state index in [9.17, 15) is 9.59 Å².